The van der Waals surface area contributed by atoms with E-state index in [1.807, 2.05) is 24.3 Å². The Hall–Kier alpha value is -1.81. The zero-order chi connectivity index (χ0) is 17.4. The first-order chi connectivity index (χ1) is 12.1. The van der Waals surface area contributed by atoms with Crippen LogP contribution in [0.15, 0.2) is 36.4 Å². The van der Waals surface area contributed by atoms with E-state index in [1.165, 1.54) is 37.7 Å². The molecule has 0 bridgehead atoms. The Morgan fingerprint density at radius 1 is 0.840 bits per heavy atom. The summed E-state index contributed by atoms with van der Waals surface area (Å²) in [7, 11) is 0. The molecule has 1 aliphatic heterocycles. The van der Waals surface area contributed by atoms with Crippen molar-refractivity contribution < 1.29 is 17.9 Å². The van der Waals surface area contributed by atoms with Crippen LogP contribution in [0, 0.1) is 23.4 Å². The number of hydrogen-bond donors (Lipinski definition) is 0. The fraction of sp³-hybridized carbons (Fsp3) is 0.429. The van der Waals surface area contributed by atoms with Crippen LogP contribution in [0.25, 0.3) is 11.1 Å². The van der Waals surface area contributed by atoms with Crippen molar-refractivity contribution in [3.63, 3.8) is 0 Å². The lowest BCUT2D eigenvalue weighted by Crippen LogP contribution is -2.14. The van der Waals surface area contributed by atoms with Gasteiger partial charge in [-0.25, -0.2) is 13.2 Å². The fourth-order valence-electron chi connectivity index (χ4n) is 3.98. The fourth-order valence-corrected chi connectivity index (χ4v) is 3.98. The van der Waals surface area contributed by atoms with Crippen LogP contribution in [0.2, 0.25) is 0 Å². The Morgan fingerprint density at radius 3 is 2.00 bits per heavy atom. The van der Waals surface area contributed by atoms with Crippen molar-refractivity contribution in [2.24, 2.45) is 5.92 Å². The highest BCUT2D eigenvalue weighted by molar-refractivity contribution is 5.64. The van der Waals surface area contributed by atoms with Gasteiger partial charge < -0.3 is 4.74 Å². The number of ether oxygens (including phenoxy) is 1. The van der Waals surface area contributed by atoms with Crippen LogP contribution in [-0.4, -0.2) is 12.7 Å². The van der Waals surface area contributed by atoms with E-state index in [9.17, 15) is 13.2 Å². The monoisotopic (exact) mass is 346 g/mol. The predicted molar refractivity (Wildman–Crippen MR) is 90.8 cm³/mol. The Labute approximate surface area is 145 Å². The smallest absolute Gasteiger partial charge is 0.194 e. The summed E-state index contributed by atoms with van der Waals surface area (Å²) in [6.07, 6.45) is 6.54. The van der Waals surface area contributed by atoms with Crippen molar-refractivity contribution in [3.05, 3.63) is 59.4 Å². The van der Waals surface area contributed by atoms with Gasteiger partial charge in [0.25, 0.3) is 0 Å². The Balaban J connectivity index is 1.43. The minimum Gasteiger partial charge on any atom is -0.373 e. The van der Waals surface area contributed by atoms with E-state index in [-0.39, 0.29) is 0 Å². The molecule has 4 rings (SSSR count). The summed E-state index contributed by atoms with van der Waals surface area (Å²) in [5, 5.41) is 0. The van der Waals surface area contributed by atoms with Gasteiger partial charge in [0.05, 0.1) is 12.7 Å². The lowest BCUT2D eigenvalue weighted by Gasteiger charge is -2.28. The summed E-state index contributed by atoms with van der Waals surface area (Å²) in [4.78, 5) is 0. The maximum absolute atomic E-state index is 13.4. The van der Waals surface area contributed by atoms with Gasteiger partial charge in [0.2, 0.25) is 0 Å². The van der Waals surface area contributed by atoms with Crippen molar-refractivity contribution in [2.75, 3.05) is 6.61 Å². The summed E-state index contributed by atoms with van der Waals surface area (Å²) < 4.78 is 45.2. The van der Waals surface area contributed by atoms with Gasteiger partial charge >= 0.3 is 0 Å². The molecule has 132 valence electrons. The lowest BCUT2D eigenvalue weighted by atomic mass is 9.77. The summed E-state index contributed by atoms with van der Waals surface area (Å²) in [6, 6.07) is 9.88. The Kier molecular flexibility index (Phi) is 4.55. The van der Waals surface area contributed by atoms with E-state index in [2.05, 4.69) is 0 Å². The zero-order valence-electron chi connectivity index (χ0n) is 14.0. The molecule has 25 heavy (non-hydrogen) atoms. The second kappa shape index (κ2) is 6.83. The molecule has 1 aliphatic carbocycles. The third-order valence-corrected chi connectivity index (χ3v) is 5.54. The first kappa shape index (κ1) is 16.6. The van der Waals surface area contributed by atoms with Gasteiger partial charge in [0.1, 0.15) is 0 Å². The van der Waals surface area contributed by atoms with Crippen molar-refractivity contribution in [2.45, 2.75) is 44.1 Å². The largest absolute Gasteiger partial charge is 0.373 e. The number of rotatable bonds is 4. The van der Waals surface area contributed by atoms with Crippen LogP contribution < -0.4 is 0 Å². The van der Waals surface area contributed by atoms with Crippen LogP contribution in [0.3, 0.4) is 0 Å². The summed E-state index contributed by atoms with van der Waals surface area (Å²) in [5.41, 5.74) is 2.32. The minimum atomic E-state index is -1.42. The van der Waals surface area contributed by atoms with E-state index in [0.717, 1.165) is 24.7 Å². The highest BCUT2D eigenvalue weighted by Gasteiger charge is 2.29. The predicted octanol–water partition coefficient (Wildman–Crippen LogP) is 5.83. The second-order valence-corrected chi connectivity index (χ2v) is 7.28. The SMILES string of the molecule is Fc1cc(-c2ccc(C3CCC(CC4CO4)CC3)cc2)cc(F)c1F. The van der Waals surface area contributed by atoms with Crippen LogP contribution in [-0.2, 0) is 4.74 Å². The normalized spacial score (nSPS) is 25.8. The van der Waals surface area contributed by atoms with Gasteiger partial charge in [0.15, 0.2) is 17.5 Å². The van der Waals surface area contributed by atoms with Gasteiger partial charge in [0, 0.05) is 0 Å². The van der Waals surface area contributed by atoms with Crippen LogP contribution >= 0.6 is 0 Å². The molecule has 2 aliphatic rings. The summed E-state index contributed by atoms with van der Waals surface area (Å²) in [6.45, 7) is 0.936. The minimum absolute atomic E-state index is 0.357. The van der Waals surface area contributed by atoms with Gasteiger partial charge in [-0.2, -0.15) is 0 Å². The van der Waals surface area contributed by atoms with Gasteiger partial charge in [-0.3, -0.25) is 0 Å². The first-order valence-corrected chi connectivity index (χ1v) is 8.96. The van der Waals surface area contributed by atoms with E-state index in [1.54, 1.807) is 0 Å². The number of hydrogen-bond acceptors (Lipinski definition) is 1. The molecule has 2 fully saturated rings. The molecule has 0 spiro atoms. The number of benzene rings is 2. The Bertz CT molecular complexity index is 721. The average Bonchev–Trinajstić information content (AvgIpc) is 3.44. The molecule has 1 nitrogen and oxygen atoms in total. The van der Waals surface area contributed by atoms with Crippen LogP contribution in [0.1, 0.15) is 43.6 Å². The standard InChI is InChI=1S/C21H21F3O/c22-19-10-17(11-20(23)21(19)24)16-7-5-15(6-8-16)14-3-1-13(2-4-14)9-18-12-25-18/h5-8,10-11,13-14,18H,1-4,9,12H2. The number of epoxide rings is 1. The summed E-state index contributed by atoms with van der Waals surface area (Å²) in [5.74, 6) is -2.40. The molecule has 2 aromatic rings. The van der Waals surface area contributed by atoms with E-state index < -0.39 is 17.5 Å². The third kappa shape index (κ3) is 3.74. The van der Waals surface area contributed by atoms with Gasteiger partial charge in [-0.15, -0.1) is 0 Å². The van der Waals surface area contributed by atoms with Crippen LogP contribution in [0.5, 0.6) is 0 Å². The molecule has 0 radical (unpaired) electrons. The molecule has 2 aromatic carbocycles. The molecule has 1 saturated heterocycles. The summed E-state index contributed by atoms with van der Waals surface area (Å²) >= 11 is 0. The third-order valence-electron chi connectivity index (χ3n) is 5.54. The molecule has 1 atom stereocenters. The molecule has 1 heterocycles. The lowest BCUT2D eigenvalue weighted by molar-refractivity contribution is 0.276. The topological polar surface area (TPSA) is 12.5 Å². The van der Waals surface area contributed by atoms with Crippen molar-refractivity contribution in [3.8, 4) is 11.1 Å². The van der Waals surface area contributed by atoms with Crippen LogP contribution in [0.4, 0.5) is 13.2 Å². The zero-order valence-corrected chi connectivity index (χ0v) is 14.0. The molecule has 1 unspecified atom stereocenters. The van der Waals surface area contributed by atoms with Crippen molar-refractivity contribution in [1.29, 1.82) is 0 Å². The molecule has 4 heteroatoms. The van der Waals surface area contributed by atoms with E-state index >= 15 is 0 Å². The molecule has 0 aromatic heterocycles. The van der Waals surface area contributed by atoms with Gasteiger partial charge in [-0.05, 0) is 72.8 Å². The quantitative estimate of drug-likeness (QED) is 0.501. The van der Waals surface area contributed by atoms with E-state index in [0.29, 0.717) is 23.1 Å². The average molecular weight is 346 g/mol. The molecular formula is C21H21F3O. The molecule has 1 saturated carbocycles. The molecule has 0 amide bonds. The molecular weight excluding hydrogens is 325 g/mol. The second-order valence-electron chi connectivity index (χ2n) is 7.28. The highest BCUT2D eigenvalue weighted by Crippen LogP contribution is 2.39. The Morgan fingerprint density at radius 2 is 1.44 bits per heavy atom. The first-order valence-electron chi connectivity index (χ1n) is 8.96. The maximum atomic E-state index is 13.4. The number of halogens is 3. The van der Waals surface area contributed by atoms with Crippen molar-refractivity contribution in [1.82, 2.24) is 0 Å². The maximum Gasteiger partial charge on any atom is 0.194 e. The van der Waals surface area contributed by atoms with E-state index in [4.69, 9.17) is 4.74 Å². The van der Waals surface area contributed by atoms with Crippen molar-refractivity contribution >= 4 is 0 Å². The van der Waals surface area contributed by atoms with Gasteiger partial charge in [-0.1, -0.05) is 24.3 Å². The highest BCUT2D eigenvalue weighted by atomic mass is 19.2. The molecule has 0 N–H and O–H groups in total.